The summed E-state index contributed by atoms with van der Waals surface area (Å²) in [5, 5.41) is 17.6. The molecule has 0 unspecified atom stereocenters. The van der Waals surface area contributed by atoms with Crippen molar-refractivity contribution in [2.45, 2.75) is 45.4 Å². The lowest BCUT2D eigenvalue weighted by atomic mass is 10.1. The van der Waals surface area contributed by atoms with Crippen molar-refractivity contribution in [3.05, 3.63) is 0 Å². The summed E-state index contributed by atoms with van der Waals surface area (Å²) in [5.41, 5.74) is 0. The number of Topliss-reactive ketones (excluding diaryl/α,β-unsaturated/α-hetero) is 1. The van der Waals surface area contributed by atoms with Crippen LogP contribution in [0.2, 0.25) is 0 Å². The van der Waals surface area contributed by atoms with Crippen molar-refractivity contribution >= 4 is 11.7 Å². The van der Waals surface area contributed by atoms with E-state index in [1.54, 1.807) is 6.92 Å². The van der Waals surface area contributed by atoms with Crippen molar-refractivity contribution in [1.29, 1.82) is 0 Å². The number of ketones is 1. The van der Waals surface area contributed by atoms with Gasteiger partial charge in [0, 0.05) is 25.9 Å². The zero-order chi connectivity index (χ0) is 13.8. The Morgan fingerprint density at radius 2 is 1.39 bits per heavy atom. The predicted molar refractivity (Wildman–Crippen MR) is 69.1 cm³/mol. The molecular formula is C13H25NO4. The standard InChI is InChI=1S/C13H25NO4/c1-12(17)6-4-2-3-5-7-13(18)14(8-10-15)9-11-16/h15-16H,2-11H2,1H3. The van der Waals surface area contributed by atoms with Crippen LogP contribution < -0.4 is 0 Å². The fourth-order valence-electron chi connectivity index (χ4n) is 1.76. The zero-order valence-electron chi connectivity index (χ0n) is 11.2. The minimum Gasteiger partial charge on any atom is -0.395 e. The van der Waals surface area contributed by atoms with Crippen LogP contribution in [-0.4, -0.2) is 53.1 Å². The van der Waals surface area contributed by atoms with Gasteiger partial charge in [0.15, 0.2) is 0 Å². The van der Waals surface area contributed by atoms with E-state index in [1.165, 1.54) is 4.90 Å². The Bertz CT molecular complexity index is 237. The first kappa shape index (κ1) is 17.1. The van der Waals surface area contributed by atoms with Crippen LogP contribution >= 0.6 is 0 Å². The van der Waals surface area contributed by atoms with Crippen LogP contribution in [0.15, 0.2) is 0 Å². The lowest BCUT2D eigenvalue weighted by Crippen LogP contribution is -2.35. The Morgan fingerprint density at radius 3 is 1.83 bits per heavy atom. The molecule has 0 aliphatic carbocycles. The van der Waals surface area contributed by atoms with Gasteiger partial charge in [-0.2, -0.15) is 0 Å². The third-order valence-electron chi connectivity index (χ3n) is 2.76. The number of rotatable bonds is 11. The van der Waals surface area contributed by atoms with Gasteiger partial charge in [-0.25, -0.2) is 0 Å². The van der Waals surface area contributed by atoms with E-state index in [2.05, 4.69) is 0 Å². The number of nitrogens with zero attached hydrogens (tertiary/aromatic N) is 1. The molecule has 0 fully saturated rings. The van der Waals surface area contributed by atoms with Crippen molar-refractivity contribution in [1.82, 2.24) is 4.90 Å². The second kappa shape index (κ2) is 11.2. The van der Waals surface area contributed by atoms with Gasteiger partial charge in [-0.1, -0.05) is 12.8 Å². The summed E-state index contributed by atoms with van der Waals surface area (Å²) in [7, 11) is 0. The molecule has 0 saturated carbocycles. The molecule has 2 N–H and O–H groups in total. The maximum Gasteiger partial charge on any atom is 0.222 e. The number of hydrogen-bond acceptors (Lipinski definition) is 4. The fourth-order valence-corrected chi connectivity index (χ4v) is 1.76. The highest BCUT2D eigenvalue weighted by atomic mass is 16.3. The Labute approximate surface area is 109 Å². The van der Waals surface area contributed by atoms with Crippen LogP contribution in [0.4, 0.5) is 0 Å². The van der Waals surface area contributed by atoms with Gasteiger partial charge >= 0.3 is 0 Å². The second-order valence-corrected chi connectivity index (χ2v) is 4.44. The van der Waals surface area contributed by atoms with Crippen LogP contribution in [0.5, 0.6) is 0 Å². The maximum absolute atomic E-state index is 11.7. The Morgan fingerprint density at radius 1 is 0.889 bits per heavy atom. The number of aliphatic hydroxyl groups is 2. The lowest BCUT2D eigenvalue weighted by molar-refractivity contribution is -0.132. The van der Waals surface area contributed by atoms with Crippen molar-refractivity contribution < 1.29 is 19.8 Å². The smallest absolute Gasteiger partial charge is 0.222 e. The molecule has 0 saturated heterocycles. The van der Waals surface area contributed by atoms with Gasteiger partial charge in [0.2, 0.25) is 5.91 Å². The molecule has 0 heterocycles. The summed E-state index contributed by atoms with van der Waals surface area (Å²) in [4.78, 5) is 23.9. The van der Waals surface area contributed by atoms with Crippen molar-refractivity contribution in [3.63, 3.8) is 0 Å². The quantitative estimate of drug-likeness (QED) is 0.536. The Kier molecular flexibility index (Phi) is 10.6. The molecule has 5 nitrogen and oxygen atoms in total. The second-order valence-electron chi connectivity index (χ2n) is 4.44. The predicted octanol–water partition coefficient (Wildman–Crippen LogP) is 0.729. The largest absolute Gasteiger partial charge is 0.395 e. The summed E-state index contributed by atoms with van der Waals surface area (Å²) >= 11 is 0. The van der Waals surface area contributed by atoms with Crippen LogP contribution in [-0.2, 0) is 9.59 Å². The number of unbranched alkanes of at least 4 members (excludes halogenated alkanes) is 3. The topological polar surface area (TPSA) is 77.8 Å². The van der Waals surface area contributed by atoms with E-state index in [1.807, 2.05) is 0 Å². The highest BCUT2D eigenvalue weighted by Gasteiger charge is 2.11. The molecule has 5 heteroatoms. The highest BCUT2D eigenvalue weighted by molar-refractivity contribution is 5.76. The molecule has 0 aromatic carbocycles. The average Bonchev–Trinajstić information content (AvgIpc) is 2.32. The first-order chi connectivity index (χ1) is 8.61. The van der Waals surface area contributed by atoms with Crippen LogP contribution in [0.1, 0.15) is 45.4 Å². The number of aliphatic hydroxyl groups excluding tert-OH is 2. The molecule has 0 radical (unpaired) electrons. The molecule has 1 amide bonds. The molecule has 0 atom stereocenters. The lowest BCUT2D eigenvalue weighted by Gasteiger charge is -2.20. The third-order valence-corrected chi connectivity index (χ3v) is 2.76. The summed E-state index contributed by atoms with van der Waals surface area (Å²) in [6.45, 7) is 1.99. The summed E-state index contributed by atoms with van der Waals surface area (Å²) < 4.78 is 0. The average molecular weight is 259 g/mol. The molecule has 0 spiro atoms. The van der Waals surface area contributed by atoms with E-state index >= 15 is 0 Å². The normalized spacial score (nSPS) is 10.4. The van der Waals surface area contributed by atoms with Gasteiger partial charge in [0.25, 0.3) is 0 Å². The van der Waals surface area contributed by atoms with E-state index in [4.69, 9.17) is 10.2 Å². The monoisotopic (exact) mass is 259 g/mol. The molecule has 0 aliphatic rings. The first-order valence-corrected chi connectivity index (χ1v) is 6.60. The number of amides is 1. The Hall–Kier alpha value is -0.940. The van der Waals surface area contributed by atoms with Gasteiger partial charge in [-0.3, -0.25) is 4.79 Å². The molecule has 106 valence electrons. The van der Waals surface area contributed by atoms with E-state index in [0.29, 0.717) is 12.8 Å². The van der Waals surface area contributed by atoms with E-state index in [0.717, 1.165) is 25.7 Å². The SMILES string of the molecule is CC(=O)CCCCCCC(=O)N(CCO)CCO. The molecular weight excluding hydrogens is 234 g/mol. The molecule has 0 aromatic rings. The van der Waals surface area contributed by atoms with Crippen LogP contribution in [0.25, 0.3) is 0 Å². The minimum atomic E-state index is -0.0790. The highest BCUT2D eigenvalue weighted by Crippen LogP contribution is 2.07. The number of hydrogen-bond donors (Lipinski definition) is 2. The van der Waals surface area contributed by atoms with Crippen molar-refractivity contribution in [2.24, 2.45) is 0 Å². The van der Waals surface area contributed by atoms with E-state index < -0.39 is 0 Å². The molecule has 18 heavy (non-hydrogen) atoms. The molecule has 0 aliphatic heterocycles. The van der Waals surface area contributed by atoms with Gasteiger partial charge < -0.3 is 19.9 Å². The number of carbonyl (C=O) groups is 2. The molecule has 0 rings (SSSR count). The van der Waals surface area contributed by atoms with E-state index in [-0.39, 0.29) is 38.0 Å². The van der Waals surface area contributed by atoms with Gasteiger partial charge in [-0.05, 0) is 19.8 Å². The van der Waals surface area contributed by atoms with Crippen molar-refractivity contribution in [2.75, 3.05) is 26.3 Å². The maximum atomic E-state index is 11.7. The first-order valence-electron chi connectivity index (χ1n) is 6.60. The fraction of sp³-hybridized carbons (Fsp3) is 0.846. The minimum absolute atomic E-state index is 0.0235. The van der Waals surface area contributed by atoms with Crippen LogP contribution in [0.3, 0.4) is 0 Å². The summed E-state index contributed by atoms with van der Waals surface area (Å²) in [5.74, 6) is 0.188. The molecule has 0 aromatic heterocycles. The third kappa shape index (κ3) is 9.13. The van der Waals surface area contributed by atoms with Gasteiger partial charge in [0.1, 0.15) is 5.78 Å². The Balaban J connectivity index is 3.63. The number of carbonyl (C=O) groups excluding carboxylic acids is 2. The summed E-state index contributed by atoms with van der Waals surface area (Å²) in [6.07, 6.45) is 4.65. The van der Waals surface area contributed by atoms with Crippen molar-refractivity contribution in [3.8, 4) is 0 Å². The van der Waals surface area contributed by atoms with Crippen LogP contribution in [0, 0.1) is 0 Å². The van der Waals surface area contributed by atoms with Gasteiger partial charge in [-0.15, -0.1) is 0 Å². The van der Waals surface area contributed by atoms with E-state index in [9.17, 15) is 9.59 Å². The molecule has 0 bridgehead atoms. The summed E-state index contributed by atoms with van der Waals surface area (Å²) in [6, 6.07) is 0. The van der Waals surface area contributed by atoms with Gasteiger partial charge in [0.05, 0.1) is 13.2 Å². The zero-order valence-corrected chi connectivity index (χ0v) is 11.2.